The van der Waals surface area contributed by atoms with Gasteiger partial charge in [0.1, 0.15) is 5.75 Å². The number of rotatable bonds is 8. The molecule has 6 heteroatoms. The van der Waals surface area contributed by atoms with Gasteiger partial charge in [0.25, 0.3) is 5.91 Å². The second-order valence-electron chi connectivity index (χ2n) is 4.29. The lowest BCUT2D eigenvalue weighted by molar-refractivity contribution is -0.123. The fourth-order valence-corrected chi connectivity index (χ4v) is 2.21. The van der Waals surface area contributed by atoms with Crippen LogP contribution in [0.15, 0.2) is 12.1 Å². The molecule has 0 atom stereocenters. The van der Waals surface area contributed by atoms with Gasteiger partial charge in [-0.15, -0.1) is 0 Å². The summed E-state index contributed by atoms with van der Waals surface area (Å²) in [6.45, 7) is 5.99. The van der Waals surface area contributed by atoms with E-state index in [0.29, 0.717) is 28.9 Å². The van der Waals surface area contributed by atoms with Crippen molar-refractivity contribution in [3.8, 4) is 5.75 Å². The highest BCUT2D eigenvalue weighted by molar-refractivity contribution is 6.35. The minimum Gasteiger partial charge on any atom is -0.482 e. The van der Waals surface area contributed by atoms with Gasteiger partial charge in [-0.05, 0) is 25.1 Å². The van der Waals surface area contributed by atoms with Crippen molar-refractivity contribution in [1.82, 2.24) is 10.6 Å². The summed E-state index contributed by atoms with van der Waals surface area (Å²) in [5, 5.41) is 6.89. The molecule has 1 rings (SSSR count). The summed E-state index contributed by atoms with van der Waals surface area (Å²) < 4.78 is 5.54. The molecular weight excluding hydrogens is 299 g/mol. The van der Waals surface area contributed by atoms with Gasteiger partial charge < -0.3 is 15.4 Å². The molecular formula is C14H20Cl2N2O2. The first-order valence-corrected chi connectivity index (χ1v) is 7.42. The van der Waals surface area contributed by atoms with E-state index in [4.69, 9.17) is 27.9 Å². The normalized spacial score (nSPS) is 10.4. The van der Waals surface area contributed by atoms with Crippen molar-refractivity contribution in [2.45, 2.75) is 26.8 Å². The lowest BCUT2D eigenvalue weighted by Crippen LogP contribution is -2.29. The van der Waals surface area contributed by atoms with Crippen molar-refractivity contribution in [3.05, 3.63) is 27.7 Å². The second kappa shape index (κ2) is 9.06. The van der Waals surface area contributed by atoms with E-state index in [1.165, 1.54) is 0 Å². The number of nitrogens with one attached hydrogen (secondary N) is 2. The Morgan fingerprint density at radius 1 is 1.30 bits per heavy atom. The summed E-state index contributed by atoms with van der Waals surface area (Å²) in [6, 6.07) is 3.40. The van der Waals surface area contributed by atoms with Crippen molar-refractivity contribution in [1.29, 1.82) is 0 Å². The molecule has 20 heavy (non-hydrogen) atoms. The lowest BCUT2D eigenvalue weighted by atomic mass is 10.2. The number of ether oxygens (including phenoxy) is 1. The van der Waals surface area contributed by atoms with E-state index in [0.717, 1.165) is 18.5 Å². The molecule has 1 aromatic rings. The molecule has 0 aromatic heterocycles. The van der Waals surface area contributed by atoms with Crippen molar-refractivity contribution in [2.24, 2.45) is 0 Å². The number of benzene rings is 1. The highest BCUT2D eigenvalue weighted by Crippen LogP contribution is 2.32. The Morgan fingerprint density at radius 3 is 2.70 bits per heavy atom. The molecule has 0 aliphatic rings. The summed E-state index contributed by atoms with van der Waals surface area (Å²) in [4.78, 5) is 11.6. The zero-order valence-corrected chi connectivity index (χ0v) is 13.3. The molecule has 1 aromatic carbocycles. The van der Waals surface area contributed by atoms with Gasteiger partial charge in [-0.3, -0.25) is 4.79 Å². The van der Waals surface area contributed by atoms with E-state index < -0.39 is 0 Å². The minimum absolute atomic E-state index is 0.0551. The van der Waals surface area contributed by atoms with E-state index >= 15 is 0 Å². The number of hydrogen-bond donors (Lipinski definition) is 2. The predicted molar refractivity (Wildman–Crippen MR) is 82.6 cm³/mol. The Kier molecular flexibility index (Phi) is 7.73. The number of hydrogen-bond acceptors (Lipinski definition) is 3. The summed E-state index contributed by atoms with van der Waals surface area (Å²) in [6.07, 6.45) is 0.888. The Morgan fingerprint density at radius 2 is 2.05 bits per heavy atom. The van der Waals surface area contributed by atoms with Crippen LogP contribution >= 0.6 is 23.2 Å². The molecule has 0 bridgehead atoms. The van der Waals surface area contributed by atoms with Gasteiger partial charge in [-0.25, -0.2) is 0 Å². The molecule has 0 spiro atoms. The third-order valence-electron chi connectivity index (χ3n) is 2.57. The average Bonchev–Trinajstić information content (AvgIpc) is 2.41. The van der Waals surface area contributed by atoms with E-state index in [1.807, 2.05) is 13.8 Å². The van der Waals surface area contributed by atoms with Crippen LogP contribution in [0.5, 0.6) is 5.75 Å². The number of amides is 1. The highest BCUT2D eigenvalue weighted by Gasteiger charge is 2.12. The van der Waals surface area contributed by atoms with Crippen LogP contribution in [-0.2, 0) is 11.3 Å². The lowest BCUT2D eigenvalue weighted by Gasteiger charge is -2.14. The fourth-order valence-electron chi connectivity index (χ4n) is 1.62. The number of carbonyl (C=O) groups excluding carboxylic acids is 1. The molecule has 1 amide bonds. The molecule has 2 N–H and O–H groups in total. The molecule has 0 saturated carbocycles. The summed E-state index contributed by atoms with van der Waals surface area (Å²) in [5.41, 5.74) is 0.840. The van der Waals surface area contributed by atoms with Gasteiger partial charge in [0, 0.05) is 23.7 Å². The first-order chi connectivity index (χ1) is 9.58. The number of halogens is 2. The average molecular weight is 319 g/mol. The van der Waals surface area contributed by atoms with Crippen molar-refractivity contribution in [3.63, 3.8) is 0 Å². The summed E-state index contributed by atoms with van der Waals surface area (Å²) >= 11 is 12.1. The van der Waals surface area contributed by atoms with Gasteiger partial charge in [0.2, 0.25) is 0 Å². The minimum atomic E-state index is -0.160. The van der Waals surface area contributed by atoms with E-state index in [9.17, 15) is 4.79 Å². The first-order valence-electron chi connectivity index (χ1n) is 6.66. The van der Waals surface area contributed by atoms with Crippen LogP contribution in [0.3, 0.4) is 0 Å². The van der Waals surface area contributed by atoms with Crippen molar-refractivity contribution < 1.29 is 9.53 Å². The standard InChI is InChI=1S/C14H20Cl2N2O2/c1-3-5-18-13(19)9-20-14-10(8-17-4-2)6-11(15)7-12(14)16/h6-7,17H,3-5,8-9H2,1-2H3,(H,18,19). The van der Waals surface area contributed by atoms with Gasteiger partial charge in [0.05, 0.1) is 5.02 Å². The molecule has 0 aliphatic carbocycles. The number of carbonyl (C=O) groups is 1. The molecule has 0 radical (unpaired) electrons. The topological polar surface area (TPSA) is 50.4 Å². The second-order valence-corrected chi connectivity index (χ2v) is 5.14. The van der Waals surface area contributed by atoms with Gasteiger partial charge in [0.15, 0.2) is 6.61 Å². The monoisotopic (exact) mass is 318 g/mol. The van der Waals surface area contributed by atoms with Gasteiger partial charge in [-0.1, -0.05) is 37.0 Å². The molecule has 0 aliphatic heterocycles. The molecule has 0 fully saturated rings. The molecule has 0 heterocycles. The maximum absolute atomic E-state index is 11.6. The largest absolute Gasteiger partial charge is 0.482 e. The van der Waals surface area contributed by atoms with Crippen LogP contribution in [0.25, 0.3) is 0 Å². The van der Waals surface area contributed by atoms with Gasteiger partial charge >= 0.3 is 0 Å². The Hall–Kier alpha value is -0.970. The Bertz CT molecular complexity index is 453. The van der Waals surface area contributed by atoms with Gasteiger partial charge in [-0.2, -0.15) is 0 Å². The van der Waals surface area contributed by atoms with Crippen molar-refractivity contribution >= 4 is 29.1 Å². The predicted octanol–water partition coefficient (Wildman–Crippen LogP) is 3.01. The maximum atomic E-state index is 11.6. The summed E-state index contributed by atoms with van der Waals surface area (Å²) in [7, 11) is 0. The molecule has 0 saturated heterocycles. The zero-order valence-electron chi connectivity index (χ0n) is 11.8. The third-order valence-corrected chi connectivity index (χ3v) is 3.07. The highest BCUT2D eigenvalue weighted by atomic mass is 35.5. The molecule has 112 valence electrons. The SMILES string of the molecule is CCCNC(=O)COc1c(Cl)cc(Cl)cc1CNCC. The third kappa shape index (κ3) is 5.57. The van der Waals surface area contributed by atoms with Crippen LogP contribution in [0.4, 0.5) is 0 Å². The summed E-state index contributed by atoms with van der Waals surface area (Å²) in [5.74, 6) is 0.343. The van der Waals surface area contributed by atoms with Crippen LogP contribution in [0.2, 0.25) is 10.0 Å². The van der Waals surface area contributed by atoms with Crippen LogP contribution < -0.4 is 15.4 Å². The van der Waals surface area contributed by atoms with Crippen molar-refractivity contribution in [2.75, 3.05) is 19.7 Å². The smallest absolute Gasteiger partial charge is 0.257 e. The van der Waals surface area contributed by atoms with E-state index in [-0.39, 0.29) is 12.5 Å². The first kappa shape index (κ1) is 17.1. The van der Waals surface area contributed by atoms with Crippen LogP contribution in [0.1, 0.15) is 25.8 Å². The fraction of sp³-hybridized carbons (Fsp3) is 0.500. The van der Waals surface area contributed by atoms with E-state index in [2.05, 4.69) is 10.6 Å². The Labute approximate surface area is 129 Å². The molecule has 0 unspecified atom stereocenters. The van der Waals surface area contributed by atoms with E-state index in [1.54, 1.807) is 12.1 Å². The van der Waals surface area contributed by atoms with Crippen LogP contribution in [-0.4, -0.2) is 25.6 Å². The quantitative estimate of drug-likeness (QED) is 0.774. The van der Waals surface area contributed by atoms with Crippen LogP contribution in [0, 0.1) is 0 Å². The zero-order chi connectivity index (χ0) is 15.0. The Balaban J connectivity index is 2.74. The molecule has 4 nitrogen and oxygen atoms in total. The maximum Gasteiger partial charge on any atom is 0.257 e.